The van der Waals surface area contributed by atoms with Crippen LogP contribution in [0.4, 0.5) is 0 Å². The summed E-state index contributed by atoms with van der Waals surface area (Å²) in [6, 6.07) is 0. The molecule has 8 saturated heterocycles. The van der Waals surface area contributed by atoms with Crippen LogP contribution >= 0.6 is 15.9 Å². The van der Waals surface area contributed by atoms with Crippen molar-refractivity contribution in [2.24, 2.45) is 11.8 Å². The topological polar surface area (TPSA) is 153 Å². The van der Waals surface area contributed by atoms with Crippen molar-refractivity contribution >= 4 is 21.7 Å². The zero-order valence-electron chi connectivity index (χ0n) is 37.3. The van der Waals surface area contributed by atoms with Crippen LogP contribution < -0.4 is 0 Å². The zero-order valence-corrected chi connectivity index (χ0v) is 38.9. The summed E-state index contributed by atoms with van der Waals surface area (Å²) in [6.45, 7) is 14.6. The summed E-state index contributed by atoms with van der Waals surface area (Å²) in [5, 5.41) is 23.4. The molecule has 8 fully saturated rings. The van der Waals surface area contributed by atoms with E-state index in [-0.39, 0.29) is 91.5 Å². The summed E-state index contributed by atoms with van der Waals surface area (Å²) in [5.41, 5.74) is 2.15. The van der Waals surface area contributed by atoms with E-state index in [0.717, 1.165) is 55.0 Å². The molecular formula is C47H74BrNO13. The standard InChI is InChI=1S/C47H74BrNO13/c1-27-18-32-6-8-37-28(2)19-34(56-37)10-11-47-25-36(52)45(62-47)42-24-43(61-47)46-38(59-42)9-7-33(58-46)20-30(50)21-35-40(23-39(57-32)29(27)3)60-41(44(35)53-5)22-31(51)26-49(4)13-15-55-17-16-54-14-12-48/h27,31-46,51-52H,2-3,6-26H2,1,4-5H3/t27-,31+,32+,33-,34+,35+,36-,37+,38+,39-,40+,41-,42-,43-,44-,45+,46+,47-/m1/s1. The first kappa shape index (κ1) is 47.6. The van der Waals surface area contributed by atoms with Gasteiger partial charge in [0.1, 0.15) is 18.0 Å². The summed E-state index contributed by atoms with van der Waals surface area (Å²) in [7, 11) is 3.65. The number of fused-ring (bicyclic) bond motifs is 9. The number of hydrogen-bond donors (Lipinski definition) is 2. The van der Waals surface area contributed by atoms with Gasteiger partial charge in [-0.15, -0.1) is 0 Å². The maximum absolute atomic E-state index is 14.3. The first-order valence-corrected chi connectivity index (χ1v) is 24.8. The van der Waals surface area contributed by atoms with E-state index < -0.39 is 36.3 Å². The van der Waals surface area contributed by atoms with E-state index in [1.54, 1.807) is 7.11 Å². The normalized spacial score (nSPS) is 44.3. The number of ether oxygens (including phenoxy) is 10. The SMILES string of the molecule is C=C1C[C@@H]2CC[C@]34C[C@@H](O)[C@H](O3)[C@H]3C[C@@H](O4)[C@H]4O[C@H](CC[C@@H]4O3)CC(=O)C[C@@H]3[C@@H](OC)[C@@H](C[C@H](O)CN(C)CCOCCOCCBr)O[C@H]3C[C@H]3O[C@@H](CC[C@@H]1O2)C[C@@H](C)C3=C. The lowest BCUT2D eigenvalue weighted by molar-refractivity contribution is -0.277. The van der Waals surface area contributed by atoms with Crippen molar-refractivity contribution in [3.8, 4) is 0 Å². The van der Waals surface area contributed by atoms with Crippen LogP contribution in [-0.2, 0) is 52.2 Å². The number of halogens is 1. The Morgan fingerprint density at radius 2 is 1.60 bits per heavy atom. The Kier molecular flexibility index (Phi) is 16.4. The largest absolute Gasteiger partial charge is 0.392 e. The molecule has 0 amide bonds. The van der Waals surface area contributed by atoms with Crippen LogP contribution in [0.1, 0.15) is 96.8 Å². The molecule has 62 heavy (non-hydrogen) atoms. The Morgan fingerprint density at radius 1 is 0.823 bits per heavy atom. The van der Waals surface area contributed by atoms with Gasteiger partial charge in [-0.1, -0.05) is 36.0 Å². The number of rotatable bonds is 13. The number of hydrogen-bond acceptors (Lipinski definition) is 14. The molecule has 14 nitrogen and oxygen atoms in total. The van der Waals surface area contributed by atoms with Gasteiger partial charge in [0.05, 0.1) is 106 Å². The highest BCUT2D eigenvalue weighted by atomic mass is 79.9. The van der Waals surface area contributed by atoms with E-state index >= 15 is 0 Å². The molecule has 0 aromatic carbocycles. The minimum atomic E-state index is -0.958. The molecule has 8 rings (SSSR count). The second-order valence-electron chi connectivity index (χ2n) is 19.7. The average Bonchev–Trinajstić information content (AvgIpc) is 3.84. The lowest BCUT2D eigenvalue weighted by atomic mass is 9.81. The summed E-state index contributed by atoms with van der Waals surface area (Å²) in [6.07, 6.45) is 3.73. The molecule has 8 aliphatic rings. The molecule has 0 radical (unpaired) electrons. The molecular weight excluding hydrogens is 866 g/mol. The molecule has 1 spiro atoms. The first-order chi connectivity index (χ1) is 29.9. The lowest BCUT2D eigenvalue weighted by Gasteiger charge is -2.47. The Bertz CT molecular complexity index is 1520. The Morgan fingerprint density at radius 3 is 2.40 bits per heavy atom. The summed E-state index contributed by atoms with van der Waals surface area (Å²) in [5.74, 6) is -0.861. The quantitative estimate of drug-likeness (QED) is 0.148. The molecule has 352 valence electrons. The maximum Gasteiger partial charge on any atom is 0.172 e. The van der Waals surface area contributed by atoms with Gasteiger partial charge in [0.15, 0.2) is 5.79 Å². The van der Waals surface area contributed by atoms with Crippen molar-refractivity contribution in [3.05, 3.63) is 24.3 Å². The fourth-order valence-electron chi connectivity index (χ4n) is 11.9. The van der Waals surface area contributed by atoms with E-state index in [2.05, 4.69) is 40.9 Å². The third kappa shape index (κ3) is 11.3. The van der Waals surface area contributed by atoms with Crippen LogP contribution in [0.2, 0.25) is 0 Å². The first-order valence-electron chi connectivity index (χ1n) is 23.7. The maximum atomic E-state index is 14.3. The number of ketones is 1. The third-order valence-corrected chi connectivity index (χ3v) is 15.4. The second kappa shape index (κ2) is 21.4. The molecule has 8 heterocycles. The van der Waals surface area contributed by atoms with Gasteiger partial charge in [0.2, 0.25) is 0 Å². The fraction of sp³-hybridized carbons (Fsp3) is 0.894. The van der Waals surface area contributed by atoms with Crippen molar-refractivity contribution in [1.29, 1.82) is 0 Å². The number of alkyl halides is 1. The summed E-state index contributed by atoms with van der Waals surface area (Å²) >= 11 is 3.36. The van der Waals surface area contributed by atoms with Crippen molar-refractivity contribution in [1.82, 2.24) is 4.90 Å². The number of carbonyl (C=O) groups excluding carboxylic acids is 1. The third-order valence-electron chi connectivity index (χ3n) is 15.1. The highest BCUT2D eigenvalue weighted by Gasteiger charge is 2.59. The second-order valence-corrected chi connectivity index (χ2v) is 20.5. The van der Waals surface area contributed by atoms with E-state index in [1.165, 1.54) is 0 Å². The molecule has 0 aromatic heterocycles. The lowest BCUT2D eigenvalue weighted by Crippen LogP contribution is -2.58. The van der Waals surface area contributed by atoms with Crippen molar-refractivity contribution in [3.63, 3.8) is 0 Å². The Balaban J connectivity index is 0.980. The number of aliphatic hydroxyl groups is 2. The smallest absolute Gasteiger partial charge is 0.172 e. The molecule has 0 aromatic rings. The van der Waals surface area contributed by atoms with Crippen molar-refractivity contribution in [2.45, 2.75) is 194 Å². The molecule has 15 heteroatoms. The zero-order chi connectivity index (χ0) is 43.5. The number of aliphatic hydroxyl groups excluding tert-OH is 2. The van der Waals surface area contributed by atoms with Gasteiger partial charge >= 0.3 is 0 Å². The minimum absolute atomic E-state index is 0.0119. The summed E-state index contributed by atoms with van der Waals surface area (Å²) < 4.78 is 64.8. The van der Waals surface area contributed by atoms with Gasteiger partial charge in [-0.3, -0.25) is 4.79 Å². The van der Waals surface area contributed by atoms with E-state index in [9.17, 15) is 15.0 Å². The highest BCUT2D eigenvalue weighted by Crippen LogP contribution is 2.49. The van der Waals surface area contributed by atoms with Crippen LogP contribution in [0.5, 0.6) is 0 Å². The van der Waals surface area contributed by atoms with Crippen LogP contribution in [0.15, 0.2) is 24.3 Å². The predicted molar refractivity (Wildman–Crippen MR) is 232 cm³/mol. The molecule has 0 saturated carbocycles. The number of carbonyl (C=O) groups is 1. The van der Waals surface area contributed by atoms with Gasteiger partial charge in [-0.05, 0) is 69.1 Å². The number of Topliss-reactive ketones (excluding diaryl/α,β-unsaturated/α-hetero) is 1. The van der Waals surface area contributed by atoms with E-state index in [1.807, 2.05) is 7.05 Å². The molecule has 2 N–H and O–H groups in total. The monoisotopic (exact) mass is 939 g/mol. The highest BCUT2D eigenvalue weighted by molar-refractivity contribution is 9.09. The van der Waals surface area contributed by atoms with Crippen LogP contribution in [0.25, 0.3) is 0 Å². The number of nitrogens with zero attached hydrogens (tertiary/aromatic N) is 1. The molecule has 0 unspecified atom stereocenters. The van der Waals surface area contributed by atoms with Crippen molar-refractivity contribution in [2.75, 3.05) is 59.0 Å². The molecule has 8 aliphatic heterocycles. The van der Waals surface area contributed by atoms with E-state index in [4.69, 9.17) is 47.4 Å². The van der Waals surface area contributed by atoms with Gasteiger partial charge in [0.25, 0.3) is 0 Å². The Hall–Kier alpha value is -0.890. The van der Waals surface area contributed by atoms with Gasteiger partial charge < -0.3 is 62.5 Å². The Labute approximate surface area is 377 Å². The number of methoxy groups -OCH3 is 1. The molecule has 0 aliphatic carbocycles. The number of likely N-dealkylation sites (N-methyl/N-ethyl adjacent to an activating group) is 1. The average molecular weight is 941 g/mol. The van der Waals surface area contributed by atoms with Gasteiger partial charge in [0, 0.05) is 76.4 Å². The van der Waals surface area contributed by atoms with Gasteiger partial charge in [-0.25, -0.2) is 0 Å². The van der Waals surface area contributed by atoms with Crippen LogP contribution in [0, 0.1) is 11.8 Å². The van der Waals surface area contributed by atoms with Gasteiger partial charge in [-0.2, -0.15) is 0 Å². The summed E-state index contributed by atoms with van der Waals surface area (Å²) in [4.78, 5) is 16.3. The fourth-order valence-corrected chi connectivity index (χ4v) is 12.1. The van der Waals surface area contributed by atoms with Crippen molar-refractivity contribution < 1.29 is 62.4 Å². The molecule has 18 atom stereocenters. The molecule has 10 bridgehead atoms. The minimum Gasteiger partial charge on any atom is -0.392 e. The van der Waals surface area contributed by atoms with E-state index in [0.29, 0.717) is 78.0 Å². The predicted octanol–water partition coefficient (Wildman–Crippen LogP) is 4.82. The van der Waals surface area contributed by atoms with Crippen LogP contribution in [0.3, 0.4) is 0 Å². The van der Waals surface area contributed by atoms with Crippen LogP contribution in [-0.4, -0.2) is 177 Å².